The summed E-state index contributed by atoms with van der Waals surface area (Å²) in [6, 6.07) is 0. The number of thiazole rings is 1. The molecule has 150 valence electrons. The minimum atomic E-state index is 0. The van der Waals surface area contributed by atoms with Crippen molar-refractivity contribution in [2.75, 3.05) is 33.9 Å². The number of aromatic nitrogens is 1. The Hall–Kier alpha value is -0.410. The molecule has 0 aliphatic heterocycles. The van der Waals surface area contributed by atoms with Crippen molar-refractivity contribution < 1.29 is 4.74 Å². The number of guanidine groups is 1. The van der Waals surface area contributed by atoms with E-state index in [0.29, 0.717) is 5.41 Å². The molecule has 0 bridgehead atoms. The van der Waals surface area contributed by atoms with Gasteiger partial charge in [0.1, 0.15) is 0 Å². The molecule has 2 rings (SSSR count). The van der Waals surface area contributed by atoms with E-state index in [1.165, 1.54) is 30.7 Å². The summed E-state index contributed by atoms with van der Waals surface area (Å²) in [5, 5.41) is 10.4. The number of hydrogen-bond acceptors (Lipinski definition) is 4. The van der Waals surface area contributed by atoms with Gasteiger partial charge in [-0.15, -0.1) is 35.3 Å². The van der Waals surface area contributed by atoms with Crippen molar-refractivity contribution in [3.05, 3.63) is 16.1 Å². The highest BCUT2D eigenvalue weighted by Gasteiger charge is 2.33. The van der Waals surface area contributed by atoms with E-state index in [-0.39, 0.29) is 24.0 Å². The average molecular weight is 494 g/mol. The lowest BCUT2D eigenvalue weighted by molar-refractivity contribution is 0.138. The molecule has 1 aliphatic carbocycles. The molecule has 7 heteroatoms. The summed E-state index contributed by atoms with van der Waals surface area (Å²) in [5.74, 6) is 0.925. The van der Waals surface area contributed by atoms with Crippen LogP contribution in [0, 0.1) is 12.3 Å². The standard InChI is InChI=1S/C19H34N4OS.HI/c1-16-14-25-17(23-16)8-4-7-12-21-18(20-2)22-15-19(11-13-24-3)9-5-6-10-19;/h14H,4-13,15H2,1-3H3,(H2,20,21,22);1H. The lowest BCUT2D eigenvalue weighted by atomic mass is 9.83. The average Bonchev–Trinajstić information content (AvgIpc) is 3.25. The fourth-order valence-electron chi connectivity index (χ4n) is 3.58. The molecule has 2 N–H and O–H groups in total. The van der Waals surface area contributed by atoms with Gasteiger partial charge >= 0.3 is 0 Å². The van der Waals surface area contributed by atoms with Gasteiger partial charge < -0.3 is 15.4 Å². The van der Waals surface area contributed by atoms with Crippen molar-refractivity contribution in [1.29, 1.82) is 0 Å². The molecule has 0 atom stereocenters. The van der Waals surface area contributed by atoms with Crippen molar-refractivity contribution in [3.63, 3.8) is 0 Å². The van der Waals surface area contributed by atoms with Crippen molar-refractivity contribution in [3.8, 4) is 0 Å². The number of aryl methyl sites for hydroxylation is 2. The molecule has 1 fully saturated rings. The number of ether oxygens (including phenoxy) is 1. The van der Waals surface area contributed by atoms with E-state index in [2.05, 4.69) is 32.9 Å². The van der Waals surface area contributed by atoms with Gasteiger partial charge in [-0.2, -0.15) is 0 Å². The Morgan fingerprint density at radius 1 is 1.31 bits per heavy atom. The van der Waals surface area contributed by atoms with Crippen LogP contribution < -0.4 is 10.6 Å². The molecule has 0 aromatic carbocycles. The highest BCUT2D eigenvalue weighted by molar-refractivity contribution is 14.0. The molecule has 0 radical (unpaired) electrons. The van der Waals surface area contributed by atoms with Gasteiger partial charge in [0.15, 0.2) is 5.96 Å². The molecule has 0 spiro atoms. The van der Waals surface area contributed by atoms with Crippen LogP contribution >= 0.6 is 35.3 Å². The van der Waals surface area contributed by atoms with Gasteiger partial charge in [0.05, 0.1) is 5.01 Å². The Morgan fingerprint density at radius 2 is 2.08 bits per heavy atom. The summed E-state index contributed by atoms with van der Waals surface area (Å²) in [6.45, 7) is 4.86. The van der Waals surface area contributed by atoms with Crippen molar-refractivity contribution >= 4 is 41.3 Å². The molecule has 1 heterocycles. The molecule has 1 aromatic heterocycles. The largest absolute Gasteiger partial charge is 0.385 e. The van der Waals surface area contributed by atoms with Crippen molar-refractivity contribution in [1.82, 2.24) is 15.6 Å². The summed E-state index contributed by atoms with van der Waals surface area (Å²) in [6.07, 6.45) is 9.79. The predicted molar refractivity (Wildman–Crippen MR) is 122 cm³/mol. The number of rotatable bonds is 10. The Bertz CT molecular complexity index is 529. The maximum atomic E-state index is 5.31. The Kier molecular flexibility index (Phi) is 11.7. The van der Waals surface area contributed by atoms with E-state index in [0.717, 1.165) is 57.0 Å². The maximum Gasteiger partial charge on any atom is 0.190 e. The zero-order valence-electron chi connectivity index (χ0n) is 16.5. The van der Waals surface area contributed by atoms with E-state index >= 15 is 0 Å². The molecular weight excluding hydrogens is 459 g/mol. The van der Waals surface area contributed by atoms with Crippen LogP contribution in [0.4, 0.5) is 0 Å². The van der Waals surface area contributed by atoms with Crippen LogP contribution in [0.15, 0.2) is 10.4 Å². The van der Waals surface area contributed by atoms with E-state index in [1.54, 1.807) is 18.4 Å². The van der Waals surface area contributed by atoms with Gasteiger partial charge in [0.25, 0.3) is 0 Å². The van der Waals surface area contributed by atoms with Crippen LogP contribution in [0.2, 0.25) is 0 Å². The quantitative estimate of drug-likeness (QED) is 0.222. The first-order valence-electron chi connectivity index (χ1n) is 9.52. The third-order valence-corrected chi connectivity index (χ3v) is 6.16. The second kappa shape index (κ2) is 12.9. The van der Waals surface area contributed by atoms with Gasteiger partial charge in [-0.1, -0.05) is 12.8 Å². The fourth-order valence-corrected chi connectivity index (χ4v) is 4.39. The third-order valence-electron chi connectivity index (χ3n) is 5.13. The topological polar surface area (TPSA) is 58.5 Å². The number of halogens is 1. The van der Waals surface area contributed by atoms with Crippen molar-refractivity contribution in [2.45, 2.75) is 58.3 Å². The lowest BCUT2D eigenvalue weighted by Crippen LogP contribution is -2.43. The fraction of sp³-hybridized carbons (Fsp3) is 0.789. The summed E-state index contributed by atoms with van der Waals surface area (Å²) in [7, 11) is 3.65. The molecule has 0 amide bonds. The first-order valence-corrected chi connectivity index (χ1v) is 10.4. The zero-order chi connectivity index (χ0) is 18.0. The van der Waals surface area contributed by atoms with Crippen LogP contribution in [0.5, 0.6) is 0 Å². The molecule has 1 saturated carbocycles. The Balaban J connectivity index is 0.00000338. The van der Waals surface area contributed by atoms with Crippen molar-refractivity contribution in [2.24, 2.45) is 10.4 Å². The molecule has 1 aliphatic rings. The lowest BCUT2D eigenvalue weighted by Gasteiger charge is -2.30. The predicted octanol–water partition coefficient (Wildman–Crippen LogP) is 4.15. The molecule has 0 unspecified atom stereocenters. The minimum Gasteiger partial charge on any atom is -0.385 e. The normalized spacial score (nSPS) is 16.3. The number of nitrogens with zero attached hydrogens (tertiary/aromatic N) is 2. The third kappa shape index (κ3) is 8.08. The van der Waals surface area contributed by atoms with E-state index in [4.69, 9.17) is 4.74 Å². The number of methoxy groups -OCH3 is 1. The van der Waals surface area contributed by atoms with Crippen LogP contribution in [0.3, 0.4) is 0 Å². The van der Waals surface area contributed by atoms with Crippen LogP contribution in [0.1, 0.15) is 55.6 Å². The minimum absolute atomic E-state index is 0. The van der Waals surface area contributed by atoms with Gasteiger partial charge in [0.2, 0.25) is 0 Å². The van der Waals surface area contributed by atoms with Gasteiger partial charge in [0, 0.05) is 44.9 Å². The van der Waals surface area contributed by atoms with Crippen LogP contribution in [0.25, 0.3) is 0 Å². The second-order valence-electron chi connectivity index (χ2n) is 7.14. The number of aliphatic imine (C=N–C) groups is 1. The van der Waals surface area contributed by atoms with Gasteiger partial charge in [-0.05, 0) is 50.9 Å². The monoisotopic (exact) mass is 494 g/mol. The number of nitrogens with one attached hydrogen (secondary N) is 2. The second-order valence-corrected chi connectivity index (χ2v) is 8.08. The summed E-state index contributed by atoms with van der Waals surface area (Å²) < 4.78 is 5.31. The zero-order valence-corrected chi connectivity index (χ0v) is 19.6. The molecular formula is C19H35IN4OS. The summed E-state index contributed by atoms with van der Waals surface area (Å²) >= 11 is 1.77. The smallest absolute Gasteiger partial charge is 0.190 e. The first-order chi connectivity index (χ1) is 12.2. The van der Waals surface area contributed by atoms with E-state index < -0.39 is 0 Å². The summed E-state index contributed by atoms with van der Waals surface area (Å²) in [5.41, 5.74) is 1.52. The van der Waals surface area contributed by atoms with E-state index in [1.807, 2.05) is 7.05 Å². The number of hydrogen-bond donors (Lipinski definition) is 2. The SMILES string of the molecule is CN=C(NCCCCc1nc(C)cs1)NCC1(CCOC)CCCC1.I. The summed E-state index contributed by atoms with van der Waals surface area (Å²) in [4.78, 5) is 8.89. The Morgan fingerprint density at radius 3 is 2.69 bits per heavy atom. The highest BCUT2D eigenvalue weighted by atomic mass is 127. The number of unbranched alkanes of at least 4 members (excludes halogenated alkanes) is 1. The molecule has 0 saturated heterocycles. The first kappa shape index (κ1) is 23.6. The van der Waals surface area contributed by atoms with E-state index in [9.17, 15) is 0 Å². The molecule has 26 heavy (non-hydrogen) atoms. The maximum absolute atomic E-state index is 5.31. The molecule has 1 aromatic rings. The molecule has 5 nitrogen and oxygen atoms in total. The highest BCUT2D eigenvalue weighted by Crippen LogP contribution is 2.40. The van der Waals surface area contributed by atoms with Gasteiger partial charge in [-0.3, -0.25) is 4.99 Å². The van der Waals surface area contributed by atoms with Gasteiger partial charge in [-0.25, -0.2) is 4.98 Å². The Labute approximate surface area is 179 Å². The van der Waals surface area contributed by atoms with Crippen LogP contribution in [-0.2, 0) is 11.2 Å². The van der Waals surface area contributed by atoms with Crippen LogP contribution in [-0.4, -0.2) is 44.8 Å².